The highest BCUT2D eigenvalue weighted by Gasteiger charge is 2.25. The first-order chi connectivity index (χ1) is 12.7. The number of anilines is 2. The Morgan fingerprint density at radius 1 is 1.08 bits per heavy atom. The van der Waals surface area contributed by atoms with Crippen molar-refractivity contribution in [1.29, 1.82) is 0 Å². The number of carbonyl (C=O) groups excluding carboxylic acids is 1. The molecule has 2 aliphatic heterocycles. The maximum Gasteiger partial charge on any atom is 0.232 e. The van der Waals surface area contributed by atoms with Gasteiger partial charge in [-0.05, 0) is 37.3 Å². The number of aryl methyl sites for hydroxylation is 1. The van der Waals surface area contributed by atoms with Crippen LogP contribution in [0.1, 0.15) is 42.5 Å². The number of amides is 1. The second-order valence-electron chi connectivity index (χ2n) is 7.10. The molecule has 0 atom stereocenters. The topological polar surface area (TPSA) is 56.7 Å². The molecule has 1 fully saturated rings. The lowest BCUT2D eigenvalue weighted by Crippen LogP contribution is -2.36. The van der Waals surface area contributed by atoms with Crippen LogP contribution >= 0.6 is 11.3 Å². The molecular formula is C20H25N3O2S. The number of nitrogens with zero attached hydrogens (tertiary/aromatic N) is 3. The number of hydrogen-bond donors (Lipinski definition) is 1. The molecule has 0 bridgehead atoms. The zero-order valence-electron chi connectivity index (χ0n) is 15.0. The number of para-hydroxylation sites is 1. The average molecular weight is 372 g/mol. The molecule has 0 spiro atoms. The van der Waals surface area contributed by atoms with Crippen LogP contribution in [0.25, 0.3) is 0 Å². The van der Waals surface area contributed by atoms with Crippen molar-refractivity contribution in [1.82, 2.24) is 4.98 Å². The van der Waals surface area contributed by atoms with Crippen molar-refractivity contribution in [2.24, 2.45) is 0 Å². The standard InChI is InChI=1S/C20H25N3O2S/c24-18(23-13-7-9-15-8-3-4-10-16(15)23)14-17-19(25)21-20(26-17)22-11-5-1-2-6-12-22/h3-4,8,10,25H,1-2,5-7,9,11-14H2. The number of benzene rings is 1. The van der Waals surface area contributed by atoms with Gasteiger partial charge in [-0.25, -0.2) is 0 Å². The molecule has 3 heterocycles. The van der Waals surface area contributed by atoms with Crippen LogP contribution in [0.15, 0.2) is 24.3 Å². The fourth-order valence-corrected chi connectivity index (χ4v) is 4.87. The predicted octanol–water partition coefficient (Wildman–Crippen LogP) is 3.75. The molecule has 5 nitrogen and oxygen atoms in total. The van der Waals surface area contributed by atoms with E-state index in [1.807, 2.05) is 23.1 Å². The summed E-state index contributed by atoms with van der Waals surface area (Å²) in [4.78, 5) is 22.0. The largest absolute Gasteiger partial charge is 0.492 e. The van der Waals surface area contributed by atoms with E-state index in [1.165, 1.54) is 42.6 Å². The minimum atomic E-state index is 0.0212. The number of thiazole rings is 1. The molecule has 4 rings (SSSR count). The Balaban J connectivity index is 1.50. The molecule has 0 unspecified atom stereocenters. The van der Waals surface area contributed by atoms with E-state index in [0.29, 0.717) is 4.88 Å². The molecule has 0 aliphatic carbocycles. The van der Waals surface area contributed by atoms with Gasteiger partial charge < -0.3 is 14.9 Å². The summed E-state index contributed by atoms with van der Waals surface area (Å²) in [5, 5.41) is 11.1. The number of fused-ring (bicyclic) bond motifs is 1. The van der Waals surface area contributed by atoms with Crippen molar-refractivity contribution >= 4 is 28.1 Å². The van der Waals surface area contributed by atoms with Gasteiger partial charge in [-0.15, -0.1) is 0 Å². The van der Waals surface area contributed by atoms with Crippen molar-refractivity contribution in [2.45, 2.75) is 44.9 Å². The van der Waals surface area contributed by atoms with Crippen molar-refractivity contribution in [3.05, 3.63) is 34.7 Å². The van der Waals surface area contributed by atoms with Gasteiger partial charge in [0.05, 0.1) is 11.3 Å². The summed E-state index contributed by atoms with van der Waals surface area (Å²) in [7, 11) is 0. The molecule has 1 aromatic heterocycles. The molecule has 1 amide bonds. The van der Waals surface area contributed by atoms with Gasteiger partial charge >= 0.3 is 0 Å². The Labute approximate surface area is 158 Å². The third kappa shape index (κ3) is 3.56. The molecular weight excluding hydrogens is 346 g/mol. The van der Waals surface area contributed by atoms with E-state index in [4.69, 9.17) is 0 Å². The normalized spacial score (nSPS) is 17.7. The summed E-state index contributed by atoms with van der Waals surface area (Å²) in [6.07, 6.45) is 7.06. The van der Waals surface area contributed by atoms with Gasteiger partial charge in [0.25, 0.3) is 0 Å². The predicted molar refractivity (Wildman–Crippen MR) is 105 cm³/mol. The van der Waals surface area contributed by atoms with Gasteiger partial charge in [0.1, 0.15) is 0 Å². The van der Waals surface area contributed by atoms with Crippen LogP contribution in [0.3, 0.4) is 0 Å². The summed E-state index contributed by atoms with van der Waals surface area (Å²) in [5.74, 6) is 0.0615. The molecule has 26 heavy (non-hydrogen) atoms. The minimum Gasteiger partial charge on any atom is -0.492 e. The number of carbonyl (C=O) groups is 1. The summed E-state index contributed by atoms with van der Waals surface area (Å²) < 4.78 is 0. The van der Waals surface area contributed by atoms with Crippen LogP contribution in [0.2, 0.25) is 0 Å². The average Bonchev–Trinajstić information content (AvgIpc) is 2.87. The highest BCUT2D eigenvalue weighted by atomic mass is 32.1. The van der Waals surface area contributed by atoms with E-state index in [0.717, 1.165) is 43.3 Å². The highest BCUT2D eigenvalue weighted by molar-refractivity contribution is 7.16. The number of rotatable bonds is 3. The second kappa shape index (κ2) is 7.66. The second-order valence-corrected chi connectivity index (χ2v) is 8.16. The molecule has 0 radical (unpaired) electrons. The lowest BCUT2D eigenvalue weighted by atomic mass is 10.0. The maximum absolute atomic E-state index is 12.9. The van der Waals surface area contributed by atoms with Crippen molar-refractivity contribution in [3.63, 3.8) is 0 Å². The minimum absolute atomic E-state index is 0.0212. The first kappa shape index (κ1) is 17.3. The molecule has 6 heteroatoms. The van der Waals surface area contributed by atoms with E-state index in [2.05, 4.69) is 16.0 Å². The Morgan fingerprint density at radius 3 is 2.65 bits per heavy atom. The molecule has 2 aliphatic rings. The van der Waals surface area contributed by atoms with Crippen molar-refractivity contribution in [3.8, 4) is 5.88 Å². The summed E-state index contributed by atoms with van der Waals surface area (Å²) in [6, 6.07) is 8.11. The van der Waals surface area contributed by atoms with E-state index < -0.39 is 0 Å². The SMILES string of the molecule is O=C(Cc1sc(N2CCCCCC2)nc1O)N1CCCc2ccccc21. The van der Waals surface area contributed by atoms with Gasteiger partial charge in [0, 0.05) is 25.3 Å². The fourth-order valence-electron chi connectivity index (χ4n) is 3.87. The van der Waals surface area contributed by atoms with Crippen LogP contribution < -0.4 is 9.80 Å². The number of aromatic hydroxyl groups is 1. The Hall–Kier alpha value is -2.08. The zero-order valence-corrected chi connectivity index (χ0v) is 15.8. The Kier molecular flexibility index (Phi) is 5.11. The van der Waals surface area contributed by atoms with Crippen LogP contribution in [-0.4, -0.2) is 35.6 Å². The zero-order chi connectivity index (χ0) is 17.9. The van der Waals surface area contributed by atoms with E-state index >= 15 is 0 Å². The van der Waals surface area contributed by atoms with Crippen LogP contribution in [0.5, 0.6) is 5.88 Å². The van der Waals surface area contributed by atoms with E-state index in [1.54, 1.807) is 0 Å². The van der Waals surface area contributed by atoms with Crippen molar-refractivity contribution in [2.75, 3.05) is 29.4 Å². The summed E-state index contributed by atoms with van der Waals surface area (Å²) in [5.41, 5.74) is 2.24. The quantitative estimate of drug-likeness (QED) is 0.893. The monoisotopic (exact) mass is 371 g/mol. The highest BCUT2D eigenvalue weighted by Crippen LogP contribution is 2.34. The first-order valence-electron chi connectivity index (χ1n) is 9.54. The van der Waals surface area contributed by atoms with Crippen LogP contribution in [0, 0.1) is 0 Å². The van der Waals surface area contributed by atoms with Gasteiger partial charge in [-0.1, -0.05) is 42.4 Å². The Morgan fingerprint density at radius 2 is 1.85 bits per heavy atom. The fraction of sp³-hybridized carbons (Fsp3) is 0.500. The van der Waals surface area contributed by atoms with E-state index in [9.17, 15) is 9.90 Å². The van der Waals surface area contributed by atoms with Crippen LogP contribution in [0.4, 0.5) is 10.8 Å². The third-order valence-electron chi connectivity index (χ3n) is 5.27. The van der Waals surface area contributed by atoms with Gasteiger partial charge in [0.2, 0.25) is 11.8 Å². The lowest BCUT2D eigenvalue weighted by molar-refractivity contribution is -0.118. The Bertz CT molecular complexity index is 781. The molecule has 2 aromatic rings. The molecule has 1 saturated heterocycles. The van der Waals surface area contributed by atoms with E-state index in [-0.39, 0.29) is 18.2 Å². The molecule has 1 N–H and O–H groups in total. The molecule has 138 valence electrons. The lowest BCUT2D eigenvalue weighted by Gasteiger charge is -2.29. The number of hydrogen-bond acceptors (Lipinski definition) is 5. The van der Waals surface area contributed by atoms with Gasteiger partial charge in [-0.2, -0.15) is 4.98 Å². The summed E-state index contributed by atoms with van der Waals surface area (Å²) in [6.45, 7) is 2.72. The summed E-state index contributed by atoms with van der Waals surface area (Å²) >= 11 is 1.47. The van der Waals surface area contributed by atoms with Crippen LogP contribution in [-0.2, 0) is 17.6 Å². The maximum atomic E-state index is 12.9. The first-order valence-corrected chi connectivity index (χ1v) is 10.4. The van der Waals surface area contributed by atoms with Crippen molar-refractivity contribution < 1.29 is 9.90 Å². The molecule has 1 aromatic carbocycles. The smallest absolute Gasteiger partial charge is 0.232 e. The van der Waals surface area contributed by atoms with Gasteiger partial charge in [-0.3, -0.25) is 4.79 Å². The third-order valence-corrected chi connectivity index (χ3v) is 6.37. The number of aromatic nitrogens is 1. The molecule has 0 saturated carbocycles. The van der Waals surface area contributed by atoms with Gasteiger partial charge in [0.15, 0.2) is 5.13 Å².